The van der Waals surface area contributed by atoms with E-state index in [4.69, 9.17) is 5.73 Å². The van der Waals surface area contributed by atoms with Gasteiger partial charge in [0.1, 0.15) is 0 Å². The summed E-state index contributed by atoms with van der Waals surface area (Å²) in [5, 5.41) is 2.44. The summed E-state index contributed by atoms with van der Waals surface area (Å²) >= 11 is 0. The Bertz CT molecular complexity index is 248. The van der Waals surface area contributed by atoms with Crippen molar-refractivity contribution >= 4 is 18.3 Å². The van der Waals surface area contributed by atoms with Crippen LogP contribution in [0.1, 0.15) is 25.7 Å². The van der Waals surface area contributed by atoms with Crippen molar-refractivity contribution in [1.82, 2.24) is 5.32 Å². The fraction of sp³-hybridized carbons (Fsp3) is 0.900. The first-order valence-electron chi connectivity index (χ1n) is 5.51. The standard InChI is InChI=1S/C10H17F3N2O.ClH/c11-10(12,13)8-4-2-1-3-7(8)9(16)15-6-5-14;/h7-8H,1-6,14H2,(H,15,16);1H. The van der Waals surface area contributed by atoms with E-state index < -0.39 is 23.9 Å². The van der Waals surface area contributed by atoms with Crippen LogP contribution in [0.5, 0.6) is 0 Å². The maximum Gasteiger partial charge on any atom is 0.392 e. The zero-order valence-electron chi connectivity index (χ0n) is 9.43. The monoisotopic (exact) mass is 274 g/mol. The molecule has 0 heterocycles. The van der Waals surface area contributed by atoms with E-state index in [2.05, 4.69) is 5.32 Å². The molecule has 1 fully saturated rings. The van der Waals surface area contributed by atoms with Crippen LogP contribution in [-0.4, -0.2) is 25.2 Å². The van der Waals surface area contributed by atoms with Gasteiger partial charge in [0.15, 0.2) is 0 Å². The van der Waals surface area contributed by atoms with Crippen LogP contribution in [0.25, 0.3) is 0 Å². The summed E-state index contributed by atoms with van der Waals surface area (Å²) in [4.78, 5) is 11.5. The lowest BCUT2D eigenvalue weighted by atomic mass is 9.78. The van der Waals surface area contributed by atoms with Gasteiger partial charge >= 0.3 is 6.18 Å². The minimum atomic E-state index is -4.27. The molecule has 2 atom stereocenters. The topological polar surface area (TPSA) is 55.1 Å². The Morgan fingerprint density at radius 1 is 1.29 bits per heavy atom. The van der Waals surface area contributed by atoms with Crippen LogP contribution >= 0.6 is 12.4 Å². The van der Waals surface area contributed by atoms with Gasteiger partial charge in [-0.1, -0.05) is 12.8 Å². The predicted molar refractivity (Wildman–Crippen MR) is 60.8 cm³/mol. The number of rotatable bonds is 3. The maximum atomic E-state index is 12.7. The molecule has 3 N–H and O–H groups in total. The Morgan fingerprint density at radius 2 is 1.88 bits per heavy atom. The first-order valence-corrected chi connectivity index (χ1v) is 5.51. The van der Waals surface area contributed by atoms with Gasteiger partial charge in [-0.15, -0.1) is 12.4 Å². The summed E-state index contributed by atoms with van der Waals surface area (Å²) in [6.07, 6.45) is -2.66. The second-order valence-corrected chi connectivity index (χ2v) is 4.12. The van der Waals surface area contributed by atoms with E-state index >= 15 is 0 Å². The molecule has 0 bridgehead atoms. The van der Waals surface area contributed by atoms with Crippen molar-refractivity contribution in [2.24, 2.45) is 17.6 Å². The van der Waals surface area contributed by atoms with E-state index in [1.807, 2.05) is 0 Å². The molecule has 1 aliphatic carbocycles. The number of nitrogens with two attached hydrogens (primary N) is 1. The highest BCUT2D eigenvalue weighted by atomic mass is 35.5. The molecule has 0 aromatic carbocycles. The normalized spacial score (nSPS) is 24.9. The van der Waals surface area contributed by atoms with Crippen LogP contribution < -0.4 is 11.1 Å². The van der Waals surface area contributed by atoms with Crippen molar-refractivity contribution in [3.8, 4) is 0 Å². The zero-order chi connectivity index (χ0) is 12.2. The fourth-order valence-corrected chi connectivity index (χ4v) is 2.16. The van der Waals surface area contributed by atoms with E-state index in [9.17, 15) is 18.0 Å². The largest absolute Gasteiger partial charge is 0.392 e. The van der Waals surface area contributed by atoms with Crippen LogP contribution in [0.15, 0.2) is 0 Å². The number of nitrogens with one attached hydrogen (secondary N) is 1. The van der Waals surface area contributed by atoms with Gasteiger partial charge in [-0.05, 0) is 12.8 Å². The molecule has 0 aromatic rings. The van der Waals surface area contributed by atoms with Crippen LogP contribution in [0.4, 0.5) is 13.2 Å². The smallest absolute Gasteiger partial charge is 0.355 e. The number of carbonyl (C=O) groups excluding carboxylic acids is 1. The molecule has 0 aliphatic heterocycles. The SMILES string of the molecule is Cl.NCCNC(=O)C1CCCCC1C(F)(F)F. The average Bonchev–Trinajstić information content (AvgIpc) is 2.24. The van der Waals surface area contributed by atoms with Gasteiger partial charge in [0.2, 0.25) is 5.91 Å². The van der Waals surface area contributed by atoms with Crippen LogP contribution in [0, 0.1) is 11.8 Å². The molecule has 0 aromatic heterocycles. The average molecular weight is 275 g/mol. The van der Waals surface area contributed by atoms with Gasteiger partial charge in [-0.2, -0.15) is 13.2 Å². The lowest BCUT2D eigenvalue weighted by Crippen LogP contribution is -2.43. The molecular weight excluding hydrogens is 257 g/mol. The summed E-state index contributed by atoms with van der Waals surface area (Å²) in [5.74, 6) is -2.92. The first kappa shape index (κ1) is 16.5. The Labute approximate surface area is 105 Å². The van der Waals surface area contributed by atoms with E-state index in [0.29, 0.717) is 19.3 Å². The minimum Gasteiger partial charge on any atom is -0.355 e. The fourth-order valence-electron chi connectivity index (χ4n) is 2.16. The summed E-state index contributed by atoms with van der Waals surface area (Å²) in [6, 6.07) is 0. The van der Waals surface area contributed by atoms with Gasteiger partial charge in [-0.25, -0.2) is 0 Å². The van der Waals surface area contributed by atoms with Crippen molar-refractivity contribution in [3.05, 3.63) is 0 Å². The molecule has 17 heavy (non-hydrogen) atoms. The van der Waals surface area contributed by atoms with Crippen molar-refractivity contribution in [2.75, 3.05) is 13.1 Å². The maximum absolute atomic E-state index is 12.7. The molecule has 1 aliphatic rings. The molecule has 2 unspecified atom stereocenters. The van der Waals surface area contributed by atoms with Gasteiger partial charge in [0, 0.05) is 19.0 Å². The van der Waals surface area contributed by atoms with Gasteiger partial charge in [-0.3, -0.25) is 4.79 Å². The van der Waals surface area contributed by atoms with Crippen molar-refractivity contribution in [2.45, 2.75) is 31.9 Å². The molecule has 102 valence electrons. The Morgan fingerprint density at radius 3 is 2.41 bits per heavy atom. The minimum absolute atomic E-state index is 0. The Hall–Kier alpha value is -0.490. The lowest BCUT2D eigenvalue weighted by molar-refractivity contribution is -0.198. The third kappa shape index (κ3) is 4.71. The summed E-state index contributed by atoms with van der Waals surface area (Å²) in [7, 11) is 0. The molecule has 0 radical (unpaired) electrons. The molecular formula is C10H18ClF3N2O. The zero-order valence-corrected chi connectivity index (χ0v) is 10.2. The van der Waals surface area contributed by atoms with Crippen molar-refractivity contribution in [1.29, 1.82) is 0 Å². The molecule has 7 heteroatoms. The summed E-state index contributed by atoms with van der Waals surface area (Å²) in [6.45, 7) is 0.481. The summed E-state index contributed by atoms with van der Waals surface area (Å²) < 4.78 is 38.0. The summed E-state index contributed by atoms with van der Waals surface area (Å²) in [5.41, 5.74) is 5.19. The molecule has 0 saturated heterocycles. The van der Waals surface area contributed by atoms with Crippen LogP contribution in [-0.2, 0) is 4.79 Å². The molecule has 0 spiro atoms. The predicted octanol–water partition coefficient (Wildman–Crippen LogP) is 1.85. The highest BCUT2D eigenvalue weighted by Crippen LogP contribution is 2.41. The Kier molecular flexibility index (Phi) is 6.85. The van der Waals surface area contributed by atoms with Gasteiger partial charge < -0.3 is 11.1 Å². The highest BCUT2D eigenvalue weighted by Gasteiger charge is 2.47. The number of alkyl halides is 3. The number of hydrogen-bond acceptors (Lipinski definition) is 2. The van der Waals surface area contributed by atoms with E-state index in [0.717, 1.165) is 0 Å². The van der Waals surface area contributed by atoms with Crippen LogP contribution in [0.2, 0.25) is 0 Å². The molecule has 1 rings (SSSR count). The number of carbonyl (C=O) groups is 1. The number of amides is 1. The highest BCUT2D eigenvalue weighted by molar-refractivity contribution is 5.85. The van der Waals surface area contributed by atoms with Crippen molar-refractivity contribution < 1.29 is 18.0 Å². The first-order chi connectivity index (χ1) is 7.46. The van der Waals surface area contributed by atoms with E-state index in [1.54, 1.807) is 0 Å². The molecule has 1 saturated carbocycles. The third-order valence-electron chi connectivity index (χ3n) is 2.97. The Balaban J connectivity index is 0.00000256. The second-order valence-electron chi connectivity index (χ2n) is 4.12. The van der Waals surface area contributed by atoms with Gasteiger partial charge in [0.25, 0.3) is 0 Å². The molecule has 1 amide bonds. The molecule has 3 nitrogen and oxygen atoms in total. The number of hydrogen-bond donors (Lipinski definition) is 2. The quantitative estimate of drug-likeness (QED) is 0.825. The van der Waals surface area contributed by atoms with Crippen molar-refractivity contribution in [3.63, 3.8) is 0 Å². The van der Waals surface area contributed by atoms with Crippen LogP contribution in [0.3, 0.4) is 0 Å². The third-order valence-corrected chi connectivity index (χ3v) is 2.97. The number of halogens is 4. The van der Waals surface area contributed by atoms with Gasteiger partial charge in [0.05, 0.1) is 5.92 Å². The van der Waals surface area contributed by atoms with E-state index in [-0.39, 0.29) is 31.9 Å². The lowest BCUT2D eigenvalue weighted by Gasteiger charge is -2.31. The van der Waals surface area contributed by atoms with E-state index in [1.165, 1.54) is 0 Å². The second kappa shape index (κ2) is 7.06.